The van der Waals surface area contributed by atoms with Gasteiger partial charge in [0.1, 0.15) is 17.6 Å². The minimum atomic E-state index is -0.458. The highest BCUT2D eigenvalue weighted by molar-refractivity contribution is 5.77. The molecule has 0 aliphatic heterocycles. The molecule has 1 unspecified atom stereocenters. The average Bonchev–Trinajstić information content (AvgIpc) is 2.92. The molecule has 0 fully saturated rings. The first kappa shape index (κ1) is 13.1. The SMILES string of the molecule is CCOC(=O)C(Cc1ccc(N)nc1)c1ncc[nH]1. The molecule has 0 saturated heterocycles. The van der Waals surface area contributed by atoms with Gasteiger partial charge in [-0.3, -0.25) is 4.79 Å². The van der Waals surface area contributed by atoms with E-state index in [0.717, 1.165) is 5.56 Å². The van der Waals surface area contributed by atoms with Gasteiger partial charge >= 0.3 is 5.97 Å². The molecule has 19 heavy (non-hydrogen) atoms. The van der Waals surface area contributed by atoms with Crippen molar-refractivity contribution in [2.75, 3.05) is 12.3 Å². The second-order valence-electron chi connectivity index (χ2n) is 4.07. The number of nitrogens with two attached hydrogens (primary N) is 1. The van der Waals surface area contributed by atoms with E-state index in [1.54, 1.807) is 31.6 Å². The third-order valence-electron chi connectivity index (χ3n) is 2.71. The van der Waals surface area contributed by atoms with Crippen LogP contribution in [-0.2, 0) is 16.0 Å². The van der Waals surface area contributed by atoms with Gasteiger partial charge in [0.2, 0.25) is 0 Å². The van der Waals surface area contributed by atoms with Crippen LogP contribution in [0.1, 0.15) is 24.2 Å². The number of ether oxygens (including phenoxy) is 1. The van der Waals surface area contributed by atoms with Crippen molar-refractivity contribution in [3.8, 4) is 0 Å². The molecule has 0 aliphatic rings. The topological polar surface area (TPSA) is 93.9 Å². The molecule has 1 atom stereocenters. The normalized spacial score (nSPS) is 12.1. The van der Waals surface area contributed by atoms with Crippen molar-refractivity contribution in [2.24, 2.45) is 0 Å². The van der Waals surface area contributed by atoms with Gasteiger partial charge in [0.25, 0.3) is 0 Å². The molecule has 2 aromatic rings. The van der Waals surface area contributed by atoms with Crippen molar-refractivity contribution >= 4 is 11.8 Å². The number of nitrogen functional groups attached to an aromatic ring is 1. The lowest BCUT2D eigenvalue weighted by atomic mass is 10.00. The van der Waals surface area contributed by atoms with Crippen LogP contribution in [0.25, 0.3) is 0 Å². The molecule has 0 saturated carbocycles. The third kappa shape index (κ3) is 3.31. The van der Waals surface area contributed by atoms with Crippen molar-refractivity contribution in [1.82, 2.24) is 15.0 Å². The van der Waals surface area contributed by atoms with E-state index in [1.807, 2.05) is 6.07 Å². The first-order valence-electron chi connectivity index (χ1n) is 6.07. The number of nitrogens with one attached hydrogen (secondary N) is 1. The van der Waals surface area contributed by atoms with Crippen LogP contribution in [-0.4, -0.2) is 27.5 Å². The highest BCUT2D eigenvalue weighted by atomic mass is 16.5. The third-order valence-corrected chi connectivity index (χ3v) is 2.71. The van der Waals surface area contributed by atoms with E-state index in [0.29, 0.717) is 24.7 Å². The molecule has 0 spiro atoms. The van der Waals surface area contributed by atoms with Crippen molar-refractivity contribution < 1.29 is 9.53 Å². The maximum absolute atomic E-state index is 12.0. The van der Waals surface area contributed by atoms with Crippen molar-refractivity contribution in [3.63, 3.8) is 0 Å². The quantitative estimate of drug-likeness (QED) is 0.790. The Morgan fingerprint density at radius 2 is 2.32 bits per heavy atom. The number of anilines is 1. The molecule has 6 heteroatoms. The second-order valence-corrected chi connectivity index (χ2v) is 4.07. The number of hydrogen-bond donors (Lipinski definition) is 2. The minimum Gasteiger partial charge on any atom is -0.465 e. The van der Waals surface area contributed by atoms with Crippen LogP contribution in [0.3, 0.4) is 0 Å². The van der Waals surface area contributed by atoms with Gasteiger partial charge in [0.05, 0.1) is 6.61 Å². The summed E-state index contributed by atoms with van der Waals surface area (Å²) in [5.41, 5.74) is 6.44. The number of nitrogens with zero attached hydrogens (tertiary/aromatic N) is 2. The zero-order valence-electron chi connectivity index (χ0n) is 10.7. The number of pyridine rings is 1. The lowest BCUT2D eigenvalue weighted by molar-refractivity contribution is -0.145. The predicted octanol–water partition coefficient (Wildman–Crippen LogP) is 1.28. The van der Waals surface area contributed by atoms with Gasteiger partial charge in [-0.2, -0.15) is 0 Å². The smallest absolute Gasteiger partial charge is 0.316 e. The number of rotatable bonds is 5. The molecule has 100 valence electrons. The van der Waals surface area contributed by atoms with E-state index in [4.69, 9.17) is 10.5 Å². The largest absolute Gasteiger partial charge is 0.465 e. The summed E-state index contributed by atoms with van der Waals surface area (Å²) >= 11 is 0. The predicted molar refractivity (Wildman–Crippen MR) is 70.3 cm³/mol. The fourth-order valence-corrected chi connectivity index (χ4v) is 1.79. The molecule has 2 rings (SSSR count). The standard InChI is InChI=1S/C13H16N4O2/c1-2-19-13(18)10(12-15-5-6-16-12)7-9-3-4-11(14)17-8-9/h3-6,8,10H,2,7H2,1H3,(H2,14,17)(H,15,16). The zero-order valence-corrected chi connectivity index (χ0v) is 10.7. The number of H-pyrrole nitrogens is 1. The first-order valence-corrected chi connectivity index (χ1v) is 6.07. The highest BCUT2D eigenvalue weighted by Crippen LogP contribution is 2.19. The Balaban J connectivity index is 2.18. The summed E-state index contributed by atoms with van der Waals surface area (Å²) in [6, 6.07) is 3.55. The number of aromatic amines is 1. The summed E-state index contributed by atoms with van der Waals surface area (Å²) in [4.78, 5) is 23.1. The number of esters is 1. The molecule has 2 aromatic heterocycles. The Labute approximate surface area is 111 Å². The Bertz CT molecular complexity index is 522. The molecule has 0 aliphatic carbocycles. The summed E-state index contributed by atoms with van der Waals surface area (Å²) < 4.78 is 5.08. The lowest BCUT2D eigenvalue weighted by Crippen LogP contribution is -2.19. The molecular formula is C13H16N4O2. The van der Waals surface area contributed by atoms with Crippen LogP contribution in [0.5, 0.6) is 0 Å². The Hall–Kier alpha value is -2.37. The number of carbonyl (C=O) groups excluding carboxylic acids is 1. The summed E-state index contributed by atoms with van der Waals surface area (Å²) in [5.74, 6) is 0.291. The van der Waals surface area contributed by atoms with Crippen LogP contribution < -0.4 is 5.73 Å². The Morgan fingerprint density at radius 1 is 1.47 bits per heavy atom. The van der Waals surface area contributed by atoms with Crippen LogP contribution >= 0.6 is 0 Å². The van der Waals surface area contributed by atoms with Gasteiger partial charge in [0, 0.05) is 18.6 Å². The fourth-order valence-electron chi connectivity index (χ4n) is 1.79. The van der Waals surface area contributed by atoms with Crippen LogP contribution in [0.15, 0.2) is 30.7 Å². The summed E-state index contributed by atoms with van der Waals surface area (Å²) in [7, 11) is 0. The average molecular weight is 260 g/mol. The Morgan fingerprint density at radius 3 is 2.89 bits per heavy atom. The van der Waals surface area contributed by atoms with Gasteiger partial charge < -0.3 is 15.5 Å². The molecule has 0 radical (unpaired) electrons. The molecule has 2 heterocycles. The molecular weight excluding hydrogens is 244 g/mol. The van der Waals surface area contributed by atoms with Crippen molar-refractivity contribution in [3.05, 3.63) is 42.1 Å². The summed E-state index contributed by atoms with van der Waals surface area (Å²) in [5, 5.41) is 0. The Kier molecular flexibility index (Phi) is 4.12. The van der Waals surface area contributed by atoms with Gasteiger partial charge in [-0.1, -0.05) is 6.07 Å². The van der Waals surface area contributed by atoms with E-state index in [9.17, 15) is 4.79 Å². The minimum absolute atomic E-state index is 0.297. The van der Waals surface area contributed by atoms with Gasteiger partial charge in [-0.05, 0) is 25.0 Å². The van der Waals surface area contributed by atoms with E-state index < -0.39 is 5.92 Å². The van der Waals surface area contributed by atoms with Crippen molar-refractivity contribution in [2.45, 2.75) is 19.3 Å². The lowest BCUT2D eigenvalue weighted by Gasteiger charge is -2.13. The second kappa shape index (κ2) is 5.99. The van der Waals surface area contributed by atoms with Crippen LogP contribution in [0.2, 0.25) is 0 Å². The number of carbonyl (C=O) groups is 1. The number of imidazole rings is 1. The highest BCUT2D eigenvalue weighted by Gasteiger charge is 2.24. The molecule has 3 N–H and O–H groups in total. The van der Waals surface area contributed by atoms with E-state index in [2.05, 4.69) is 15.0 Å². The first-order chi connectivity index (χ1) is 9.20. The molecule has 0 amide bonds. The number of hydrogen-bond acceptors (Lipinski definition) is 5. The fraction of sp³-hybridized carbons (Fsp3) is 0.308. The number of aromatic nitrogens is 3. The van der Waals surface area contributed by atoms with Crippen LogP contribution in [0, 0.1) is 0 Å². The molecule has 0 bridgehead atoms. The van der Waals surface area contributed by atoms with E-state index in [1.165, 1.54) is 0 Å². The molecule has 6 nitrogen and oxygen atoms in total. The molecule has 0 aromatic carbocycles. The van der Waals surface area contributed by atoms with Crippen molar-refractivity contribution in [1.29, 1.82) is 0 Å². The summed E-state index contributed by atoms with van der Waals surface area (Å²) in [6.45, 7) is 2.12. The summed E-state index contributed by atoms with van der Waals surface area (Å²) in [6.07, 6.45) is 5.43. The van der Waals surface area contributed by atoms with E-state index >= 15 is 0 Å². The maximum Gasteiger partial charge on any atom is 0.316 e. The van der Waals surface area contributed by atoms with Gasteiger partial charge in [-0.25, -0.2) is 9.97 Å². The maximum atomic E-state index is 12.0. The van der Waals surface area contributed by atoms with Crippen LogP contribution in [0.4, 0.5) is 5.82 Å². The zero-order chi connectivity index (χ0) is 13.7. The monoisotopic (exact) mass is 260 g/mol. The van der Waals surface area contributed by atoms with Gasteiger partial charge in [-0.15, -0.1) is 0 Å². The van der Waals surface area contributed by atoms with E-state index in [-0.39, 0.29) is 5.97 Å². The van der Waals surface area contributed by atoms with Gasteiger partial charge in [0.15, 0.2) is 0 Å².